The Bertz CT molecular complexity index is 919. The van der Waals surface area contributed by atoms with Crippen molar-refractivity contribution in [3.63, 3.8) is 0 Å². The van der Waals surface area contributed by atoms with Gasteiger partial charge in [-0.25, -0.2) is 8.42 Å². The van der Waals surface area contributed by atoms with E-state index in [0.29, 0.717) is 30.9 Å². The van der Waals surface area contributed by atoms with Gasteiger partial charge in [0, 0.05) is 11.3 Å². The van der Waals surface area contributed by atoms with Crippen molar-refractivity contribution in [2.45, 2.75) is 18.2 Å². The van der Waals surface area contributed by atoms with E-state index in [-0.39, 0.29) is 10.8 Å². The first-order valence-electron chi connectivity index (χ1n) is 9.86. The minimum absolute atomic E-state index is 0.243. The number of piperazine rings is 1. The molecule has 156 valence electrons. The van der Waals surface area contributed by atoms with Crippen LogP contribution in [0.1, 0.15) is 23.7 Å². The Morgan fingerprint density at radius 2 is 1.69 bits per heavy atom. The smallest absolute Gasteiger partial charge is 0.255 e. The summed E-state index contributed by atoms with van der Waals surface area (Å²) in [7, 11) is -1.44. The van der Waals surface area contributed by atoms with Crippen LogP contribution < -0.4 is 15.0 Å². The predicted octanol–water partition coefficient (Wildman–Crippen LogP) is 1.25. The lowest BCUT2D eigenvalue weighted by Crippen LogP contribution is -3.12. The normalized spacial score (nSPS) is 15.8. The number of rotatable bonds is 7. The fourth-order valence-corrected chi connectivity index (χ4v) is 4.53. The standard InChI is InChI=1S/C21H27N3O4S/c1-3-16-28-19-8-4-17(5-9-19)21(25)22-18-6-10-20(11-7-18)29(26,27)24-14-12-23(2)13-15-24/h4-11H,3,12-16H2,1-2H3,(H,22,25)/p+1. The van der Waals surface area contributed by atoms with E-state index in [0.717, 1.165) is 25.3 Å². The molecular weight excluding hydrogens is 390 g/mol. The Labute approximate surface area is 172 Å². The molecule has 2 aromatic carbocycles. The van der Waals surface area contributed by atoms with Crippen LogP contribution in [0, 0.1) is 0 Å². The monoisotopic (exact) mass is 418 g/mol. The van der Waals surface area contributed by atoms with Gasteiger partial charge in [0.2, 0.25) is 10.0 Å². The van der Waals surface area contributed by atoms with Gasteiger partial charge in [-0.3, -0.25) is 4.79 Å². The van der Waals surface area contributed by atoms with E-state index in [9.17, 15) is 13.2 Å². The van der Waals surface area contributed by atoms with E-state index in [1.54, 1.807) is 36.4 Å². The van der Waals surface area contributed by atoms with Crippen molar-refractivity contribution in [1.82, 2.24) is 4.31 Å². The van der Waals surface area contributed by atoms with Crippen LogP contribution in [0.2, 0.25) is 0 Å². The number of ether oxygens (including phenoxy) is 1. The summed E-state index contributed by atoms with van der Waals surface area (Å²) in [6, 6.07) is 13.2. The average Bonchev–Trinajstić information content (AvgIpc) is 2.73. The summed E-state index contributed by atoms with van der Waals surface area (Å²) < 4.78 is 32.6. The quantitative estimate of drug-likeness (QED) is 0.709. The summed E-state index contributed by atoms with van der Waals surface area (Å²) >= 11 is 0. The van der Waals surface area contributed by atoms with Crippen LogP contribution in [0.15, 0.2) is 53.4 Å². The molecule has 0 aromatic heterocycles. The van der Waals surface area contributed by atoms with Crippen molar-refractivity contribution in [2.24, 2.45) is 0 Å². The molecule has 2 aromatic rings. The third-order valence-corrected chi connectivity index (χ3v) is 6.83. The first kappa shape index (κ1) is 21.3. The number of carbonyl (C=O) groups excluding carboxylic acids is 1. The summed E-state index contributed by atoms with van der Waals surface area (Å²) in [4.78, 5) is 14.0. The zero-order valence-corrected chi connectivity index (χ0v) is 17.7. The van der Waals surface area contributed by atoms with E-state index in [1.807, 2.05) is 6.92 Å². The molecular formula is C21H28N3O4S+. The van der Waals surface area contributed by atoms with Crippen molar-refractivity contribution in [3.05, 3.63) is 54.1 Å². The van der Waals surface area contributed by atoms with Gasteiger partial charge in [-0.05, 0) is 55.0 Å². The van der Waals surface area contributed by atoms with E-state index < -0.39 is 10.0 Å². The van der Waals surface area contributed by atoms with Gasteiger partial charge >= 0.3 is 0 Å². The highest BCUT2D eigenvalue weighted by molar-refractivity contribution is 7.89. The van der Waals surface area contributed by atoms with Crippen LogP contribution in [0.4, 0.5) is 5.69 Å². The molecule has 7 nitrogen and oxygen atoms in total. The maximum Gasteiger partial charge on any atom is 0.255 e. The molecule has 29 heavy (non-hydrogen) atoms. The molecule has 1 fully saturated rings. The highest BCUT2D eigenvalue weighted by Gasteiger charge is 2.29. The number of carbonyl (C=O) groups is 1. The van der Waals surface area contributed by atoms with E-state index in [1.165, 1.54) is 21.3 Å². The lowest BCUT2D eigenvalue weighted by Gasteiger charge is -2.29. The van der Waals surface area contributed by atoms with Crippen LogP contribution in [0.3, 0.4) is 0 Å². The third-order valence-electron chi connectivity index (χ3n) is 4.92. The molecule has 0 radical (unpaired) electrons. The zero-order valence-electron chi connectivity index (χ0n) is 16.8. The Balaban J connectivity index is 1.63. The highest BCUT2D eigenvalue weighted by atomic mass is 32.2. The molecule has 0 aliphatic carbocycles. The summed E-state index contributed by atoms with van der Waals surface area (Å²) in [5.41, 5.74) is 1.05. The number of benzene rings is 2. The average molecular weight is 419 g/mol. The Morgan fingerprint density at radius 3 is 2.28 bits per heavy atom. The van der Waals surface area contributed by atoms with Gasteiger partial charge in [-0.2, -0.15) is 4.31 Å². The van der Waals surface area contributed by atoms with Gasteiger partial charge in [0.25, 0.3) is 5.91 Å². The first-order chi connectivity index (χ1) is 13.9. The molecule has 0 atom stereocenters. The second kappa shape index (κ2) is 9.39. The topological polar surface area (TPSA) is 80.1 Å². The van der Waals surface area contributed by atoms with Gasteiger partial charge in [0.15, 0.2) is 0 Å². The molecule has 0 unspecified atom stereocenters. The second-order valence-corrected chi connectivity index (χ2v) is 9.15. The fourth-order valence-electron chi connectivity index (χ4n) is 3.09. The zero-order chi connectivity index (χ0) is 20.9. The van der Waals surface area contributed by atoms with Crippen LogP contribution in [-0.4, -0.2) is 58.5 Å². The number of anilines is 1. The molecule has 0 spiro atoms. The van der Waals surface area contributed by atoms with E-state index in [4.69, 9.17) is 4.74 Å². The third kappa shape index (κ3) is 5.35. The van der Waals surface area contributed by atoms with Crippen LogP contribution in [0.25, 0.3) is 0 Å². The van der Waals surface area contributed by atoms with Crippen molar-refractivity contribution in [1.29, 1.82) is 0 Å². The van der Waals surface area contributed by atoms with Crippen molar-refractivity contribution >= 4 is 21.6 Å². The summed E-state index contributed by atoms with van der Waals surface area (Å²) in [5, 5.41) is 2.79. The lowest BCUT2D eigenvalue weighted by atomic mass is 10.2. The molecule has 0 saturated carbocycles. The van der Waals surface area contributed by atoms with Crippen LogP contribution >= 0.6 is 0 Å². The second-order valence-electron chi connectivity index (χ2n) is 7.21. The minimum Gasteiger partial charge on any atom is -0.494 e. The number of likely N-dealkylation sites (N-methyl/N-ethyl adjacent to an activating group) is 1. The number of hydrogen-bond donors (Lipinski definition) is 2. The molecule has 1 aliphatic heterocycles. The predicted molar refractivity (Wildman–Crippen MR) is 112 cm³/mol. The van der Waals surface area contributed by atoms with Gasteiger partial charge in [0.05, 0.1) is 44.7 Å². The Hall–Kier alpha value is -2.42. The molecule has 3 rings (SSSR count). The van der Waals surface area contributed by atoms with Crippen molar-refractivity contribution in [3.8, 4) is 5.75 Å². The number of hydrogen-bond acceptors (Lipinski definition) is 4. The van der Waals surface area contributed by atoms with Crippen molar-refractivity contribution in [2.75, 3.05) is 45.2 Å². The molecule has 1 saturated heterocycles. The van der Waals surface area contributed by atoms with Gasteiger partial charge < -0.3 is 15.0 Å². The number of nitrogens with one attached hydrogen (secondary N) is 2. The maximum atomic E-state index is 12.8. The van der Waals surface area contributed by atoms with Gasteiger partial charge in [-0.1, -0.05) is 6.92 Å². The molecule has 1 aliphatic rings. The van der Waals surface area contributed by atoms with Crippen LogP contribution in [0.5, 0.6) is 5.75 Å². The molecule has 8 heteroatoms. The summed E-state index contributed by atoms with van der Waals surface area (Å²) in [5.74, 6) is 0.466. The van der Waals surface area contributed by atoms with Crippen molar-refractivity contribution < 1.29 is 22.8 Å². The van der Waals surface area contributed by atoms with Gasteiger partial charge in [-0.15, -0.1) is 0 Å². The highest BCUT2D eigenvalue weighted by Crippen LogP contribution is 2.19. The Kier molecular flexibility index (Phi) is 6.89. The summed E-state index contributed by atoms with van der Waals surface area (Å²) in [6.07, 6.45) is 0.920. The Morgan fingerprint density at radius 1 is 1.07 bits per heavy atom. The number of sulfonamides is 1. The molecule has 2 N–H and O–H groups in total. The molecule has 0 bridgehead atoms. The van der Waals surface area contributed by atoms with Crippen LogP contribution in [-0.2, 0) is 10.0 Å². The number of quaternary nitrogens is 1. The minimum atomic E-state index is -3.50. The number of nitrogens with zero attached hydrogens (tertiary/aromatic N) is 1. The first-order valence-corrected chi connectivity index (χ1v) is 11.3. The maximum absolute atomic E-state index is 12.8. The number of amides is 1. The molecule has 1 amide bonds. The van der Waals surface area contributed by atoms with E-state index in [2.05, 4.69) is 12.4 Å². The van der Waals surface area contributed by atoms with E-state index >= 15 is 0 Å². The fraction of sp³-hybridized carbons (Fsp3) is 0.381. The SMILES string of the molecule is CCCOc1ccc(C(=O)Nc2ccc(S(=O)(=O)N3CC[NH+](C)CC3)cc2)cc1. The molecule has 1 heterocycles. The largest absolute Gasteiger partial charge is 0.494 e. The lowest BCUT2D eigenvalue weighted by molar-refractivity contribution is -0.883. The summed E-state index contributed by atoms with van der Waals surface area (Å²) in [6.45, 7) is 5.31. The van der Waals surface area contributed by atoms with Gasteiger partial charge in [0.1, 0.15) is 5.75 Å².